The predicted molar refractivity (Wildman–Crippen MR) is 98.2 cm³/mol. The van der Waals surface area contributed by atoms with Crippen molar-refractivity contribution in [2.45, 2.75) is 12.8 Å². The molecule has 2 aromatic rings. The molecule has 2 heterocycles. The van der Waals surface area contributed by atoms with E-state index in [1.807, 2.05) is 36.4 Å². The summed E-state index contributed by atoms with van der Waals surface area (Å²) in [6.45, 7) is 0. The van der Waals surface area contributed by atoms with Crippen LogP contribution in [-0.4, -0.2) is 10.7 Å². The minimum atomic E-state index is -0.187. The van der Waals surface area contributed by atoms with E-state index in [9.17, 15) is 4.39 Å². The molecular formula is C21H18FN3. The number of nitrogens with zero attached hydrogens (tertiary/aromatic N) is 2. The molecule has 25 heavy (non-hydrogen) atoms. The molecule has 4 rings (SSSR count). The predicted octanol–water partition coefficient (Wildman–Crippen LogP) is 4.27. The summed E-state index contributed by atoms with van der Waals surface area (Å²) >= 11 is 0. The van der Waals surface area contributed by atoms with Gasteiger partial charge in [-0.25, -0.2) is 4.39 Å². The molecule has 1 aliphatic carbocycles. The average Bonchev–Trinajstić information content (AvgIpc) is 3.03. The molecule has 3 nitrogen and oxygen atoms in total. The molecule has 1 atom stereocenters. The third-order valence-corrected chi connectivity index (χ3v) is 4.44. The van der Waals surface area contributed by atoms with Crippen LogP contribution < -0.4 is 5.43 Å². The Labute approximate surface area is 146 Å². The van der Waals surface area contributed by atoms with E-state index in [-0.39, 0.29) is 11.7 Å². The van der Waals surface area contributed by atoms with Gasteiger partial charge in [0.05, 0.1) is 11.4 Å². The van der Waals surface area contributed by atoms with Gasteiger partial charge in [-0.3, -0.25) is 10.4 Å². The molecule has 0 saturated carbocycles. The van der Waals surface area contributed by atoms with Gasteiger partial charge in [0.2, 0.25) is 0 Å². The molecular weight excluding hydrogens is 313 g/mol. The van der Waals surface area contributed by atoms with E-state index < -0.39 is 0 Å². The number of rotatable bonds is 4. The van der Waals surface area contributed by atoms with Crippen LogP contribution in [0.25, 0.3) is 6.08 Å². The monoisotopic (exact) mass is 331 g/mol. The SMILES string of the molecule is Fc1cccc(CC2=CC=C3NN=C(/C=C/c4ccccn4)C3C2)c1. The second-order valence-corrected chi connectivity index (χ2v) is 6.25. The lowest BCUT2D eigenvalue weighted by Crippen LogP contribution is -2.16. The number of halogens is 1. The number of fused-ring (bicyclic) bond motifs is 1. The minimum absolute atomic E-state index is 0.187. The topological polar surface area (TPSA) is 37.3 Å². The Kier molecular flexibility index (Phi) is 4.25. The van der Waals surface area contributed by atoms with Crippen LogP contribution in [0.15, 0.2) is 83.3 Å². The molecule has 2 aliphatic rings. The van der Waals surface area contributed by atoms with Gasteiger partial charge in [0.1, 0.15) is 5.82 Å². The van der Waals surface area contributed by atoms with E-state index in [4.69, 9.17) is 0 Å². The third kappa shape index (κ3) is 3.58. The fraction of sp³-hybridized carbons (Fsp3) is 0.143. The number of allylic oxidation sites excluding steroid dienone is 5. The fourth-order valence-corrected chi connectivity index (χ4v) is 3.19. The Morgan fingerprint density at radius 3 is 2.92 bits per heavy atom. The zero-order valence-electron chi connectivity index (χ0n) is 13.7. The van der Waals surface area contributed by atoms with E-state index >= 15 is 0 Å². The van der Waals surface area contributed by atoms with Gasteiger partial charge in [-0.15, -0.1) is 0 Å². The maximum absolute atomic E-state index is 13.4. The second-order valence-electron chi connectivity index (χ2n) is 6.25. The van der Waals surface area contributed by atoms with Crippen molar-refractivity contribution in [2.24, 2.45) is 11.0 Å². The van der Waals surface area contributed by atoms with Crippen LogP contribution in [0.4, 0.5) is 4.39 Å². The molecule has 1 aromatic heterocycles. The third-order valence-electron chi connectivity index (χ3n) is 4.44. The summed E-state index contributed by atoms with van der Waals surface area (Å²) in [5, 5.41) is 4.44. The Morgan fingerprint density at radius 1 is 1.12 bits per heavy atom. The van der Waals surface area contributed by atoms with E-state index in [2.05, 4.69) is 27.7 Å². The van der Waals surface area contributed by atoms with Crippen molar-refractivity contribution in [3.05, 3.63) is 95.2 Å². The van der Waals surface area contributed by atoms with Crippen LogP contribution in [0, 0.1) is 11.7 Å². The lowest BCUT2D eigenvalue weighted by Gasteiger charge is -2.19. The molecule has 1 N–H and O–H groups in total. The van der Waals surface area contributed by atoms with Crippen molar-refractivity contribution in [1.82, 2.24) is 10.4 Å². The minimum Gasteiger partial charge on any atom is -0.282 e. The largest absolute Gasteiger partial charge is 0.282 e. The Balaban J connectivity index is 1.47. The number of nitrogens with one attached hydrogen (secondary N) is 1. The van der Waals surface area contributed by atoms with Gasteiger partial charge in [-0.1, -0.05) is 29.8 Å². The first-order valence-corrected chi connectivity index (χ1v) is 8.35. The number of hydrazone groups is 1. The highest BCUT2D eigenvalue weighted by Gasteiger charge is 2.27. The lowest BCUT2D eigenvalue weighted by molar-refractivity contribution is 0.625. The maximum atomic E-state index is 13.4. The molecule has 0 fully saturated rings. The van der Waals surface area contributed by atoms with Crippen molar-refractivity contribution in [3.8, 4) is 0 Å². The van der Waals surface area contributed by atoms with E-state index in [1.54, 1.807) is 18.3 Å². The molecule has 1 aromatic carbocycles. The number of hydrogen-bond donors (Lipinski definition) is 1. The van der Waals surface area contributed by atoms with Gasteiger partial charge in [-0.2, -0.15) is 5.10 Å². The normalized spacial score (nSPS) is 19.1. The van der Waals surface area contributed by atoms with E-state index in [0.29, 0.717) is 0 Å². The zero-order chi connectivity index (χ0) is 17.1. The van der Waals surface area contributed by atoms with Crippen LogP contribution in [0.3, 0.4) is 0 Å². The highest BCUT2D eigenvalue weighted by Crippen LogP contribution is 2.31. The summed E-state index contributed by atoms with van der Waals surface area (Å²) in [7, 11) is 0. The Morgan fingerprint density at radius 2 is 2.08 bits per heavy atom. The van der Waals surface area contributed by atoms with Crippen LogP contribution in [-0.2, 0) is 6.42 Å². The summed E-state index contributed by atoms with van der Waals surface area (Å²) in [6.07, 6.45) is 11.6. The van der Waals surface area contributed by atoms with Crippen molar-refractivity contribution >= 4 is 11.8 Å². The summed E-state index contributed by atoms with van der Waals surface area (Å²) in [5.74, 6) is 0.0433. The Hall–Kier alpha value is -3.01. The molecule has 0 bridgehead atoms. The maximum Gasteiger partial charge on any atom is 0.123 e. The summed E-state index contributed by atoms with van der Waals surface area (Å²) < 4.78 is 13.4. The molecule has 0 saturated heterocycles. The average molecular weight is 331 g/mol. The van der Waals surface area contributed by atoms with Gasteiger partial charge in [0, 0.05) is 17.8 Å². The highest BCUT2D eigenvalue weighted by molar-refractivity contribution is 6.03. The first-order valence-electron chi connectivity index (χ1n) is 8.35. The summed E-state index contributed by atoms with van der Waals surface area (Å²) in [6, 6.07) is 12.6. The van der Waals surface area contributed by atoms with Crippen molar-refractivity contribution < 1.29 is 4.39 Å². The molecule has 0 radical (unpaired) electrons. The van der Waals surface area contributed by atoms with Crippen LogP contribution in [0.5, 0.6) is 0 Å². The Bertz CT molecular complexity index is 894. The van der Waals surface area contributed by atoms with E-state index in [1.165, 1.54) is 11.6 Å². The van der Waals surface area contributed by atoms with Gasteiger partial charge in [-0.05, 0) is 60.9 Å². The molecule has 4 heteroatoms. The first kappa shape index (κ1) is 15.5. The smallest absolute Gasteiger partial charge is 0.123 e. The highest BCUT2D eigenvalue weighted by atomic mass is 19.1. The number of pyridine rings is 1. The summed E-state index contributed by atoms with van der Waals surface area (Å²) in [4.78, 5) is 4.30. The molecule has 0 amide bonds. The quantitative estimate of drug-likeness (QED) is 0.908. The molecule has 0 spiro atoms. The molecule has 1 unspecified atom stereocenters. The zero-order valence-corrected chi connectivity index (χ0v) is 13.7. The molecule has 1 aliphatic heterocycles. The van der Waals surface area contributed by atoms with Gasteiger partial charge < -0.3 is 0 Å². The fourth-order valence-electron chi connectivity index (χ4n) is 3.19. The number of aromatic nitrogens is 1. The van der Waals surface area contributed by atoms with Crippen LogP contribution >= 0.6 is 0 Å². The summed E-state index contributed by atoms with van der Waals surface area (Å²) in [5.41, 5.74) is 8.41. The standard InChI is InChI=1S/C21H18FN3/c22-17-5-3-4-15(13-17)12-16-7-9-20-19(14-16)21(25-24-20)10-8-18-6-1-2-11-23-18/h1-11,13,19,24H,12,14H2/b10-8+. The van der Waals surface area contributed by atoms with Crippen molar-refractivity contribution in [2.75, 3.05) is 0 Å². The van der Waals surface area contributed by atoms with Crippen LogP contribution in [0.2, 0.25) is 0 Å². The second kappa shape index (κ2) is 6.85. The number of hydrogen-bond acceptors (Lipinski definition) is 3. The molecule has 124 valence electrons. The first-order chi connectivity index (χ1) is 12.3. The van der Waals surface area contributed by atoms with E-state index in [0.717, 1.165) is 35.5 Å². The van der Waals surface area contributed by atoms with Gasteiger partial charge in [0.25, 0.3) is 0 Å². The van der Waals surface area contributed by atoms with Gasteiger partial charge in [0.15, 0.2) is 0 Å². The van der Waals surface area contributed by atoms with Gasteiger partial charge >= 0.3 is 0 Å². The number of benzene rings is 1. The van der Waals surface area contributed by atoms with Crippen molar-refractivity contribution in [3.63, 3.8) is 0 Å². The van der Waals surface area contributed by atoms with Crippen LogP contribution in [0.1, 0.15) is 17.7 Å². The lowest BCUT2D eigenvalue weighted by atomic mass is 9.85. The van der Waals surface area contributed by atoms with Crippen molar-refractivity contribution in [1.29, 1.82) is 0 Å².